The van der Waals surface area contributed by atoms with Crippen molar-refractivity contribution in [1.82, 2.24) is 4.98 Å². The lowest BCUT2D eigenvalue weighted by Crippen LogP contribution is -2.17. The summed E-state index contributed by atoms with van der Waals surface area (Å²) in [5.41, 5.74) is 8.02. The van der Waals surface area contributed by atoms with E-state index in [1.807, 2.05) is 54.6 Å². The van der Waals surface area contributed by atoms with Crippen LogP contribution in [0.1, 0.15) is 11.5 Å². The second-order valence-electron chi connectivity index (χ2n) is 4.96. The van der Waals surface area contributed by atoms with Crippen LogP contribution in [0, 0.1) is 0 Å². The molecule has 3 aromatic rings. The summed E-state index contributed by atoms with van der Waals surface area (Å²) in [6, 6.07) is 16.7. The number of hydrogen-bond donors (Lipinski definition) is 1. The van der Waals surface area contributed by atoms with Gasteiger partial charge < -0.3 is 15.0 Å². The van der Waals surface area contributed by atoms with E-state index in [4.69, 9.17) is 15.0 Å². The molecule has 6 nitrogen and oxygen atoms in total. The predicted molar refractivity (Wildman–Crippen MR) is 85.6 cm³/mol. The second kappa shape index (κ2) is 6.74. The van der Waals surface area contributed by atoms with Gasteiger partial charge in [0.2, 0.25) is 5.89 Å². The second-order valence-corrected chi connectivity index (χ2v) is 4.96. The molecule has 0 saturated carbocycles. The van der Waals surface area contributed by atoms with Gasteiger partial charge >= 0.3 is 5.97 Å². The third-order valence-electron chi connectivity index (χ3n) is 3.13. The molecule has 0 radical (unpaired) electrons. The van der Waals surface area contributed by atoms with E-state index >= 15 is 0 Å². The van der Waals surface area contributed by atoms with Crippen LogP contribution < -0.4 is 5.73 Å². The van der Waals surface area contributed by atoms with Gasteiger partial charge in [-0.3, -0.25) is 0 Å². The van der Waals surface area contributed by atoms with Crippen molar-refractivity contribution in [2.45, 2.75) is 12.8 Å². The van der Waals surface area contributed by atoms with Gasteiger partial charge in [0.05, 0.1) is 12.8 Å². The molecule has 2 N–H and O–H groups in total. The van der Waals surface area contributed by atoms with Crippen LogP contribution in [0.3, 0.4) is 0 Å². The minimum atomic E-state index is -0.475. The summed E-state index contributed by atoms with van der Waals surface area (Å²) in [6.45, 7) is 0. The summed E-state index contributed by atoms with van der Waals surface area (Å²) in [6.07, 6.45) is 0.313. The van der Waals surface area contributed by atoms with Crippen molar-refractivity contribution in [2.75, 3.05) is 0 Å². The lowest BCUT2D eigenvalue weighted by atomic mass is 10.2. The molecule has 0 spiro atoms. The smallest absolute Gasteiger partial charge is 0.339 e. The fourth-order valence-corrected chi connectivity index (χ4v) is 2.09. The molecule has 0 amide bonds. The third-order valence-corrected chi connectivity index (χ3v) is 3.13. The van der Waals surface area contributed by atoms with Crippen molar-refractivity contribution in [1.29, 1.82) is 0 Å². The maximum absolute atomic E-state index is 11.7. The van der Waals surface area contributed by atoms with Crippen LogP contribution in [0.25, 0.3) is 11.1 Å². The van der Waals surface area contributed by atoms with Crippen LogP contribution in [0.4, 0.5) is 0 Å². The number of carbonyl (C=O) groups is 1. The zero-order valence-electron chi connectivity index (χ0n) is 12.3. The molecule has 6 heteroatoms. The van der Waals surface area contributed by atoms with E-state index < -0.39 is 5.97 Å². The van der Waals surface area contributed by atoms with E-state index in [1.165, 1.54) is 0 Å². The average molecular weight is 309 g/mol. The first-order valence-corrected chi connectivity index (χ1v) is 7.11. The molecule has 3 rings (SSSR count). The highest BCUT2D eigenvalue weighted by molar-refractivity contribution is 5.83. The quantitative estimate of drug-likeness (QED) is 0.338. The summed E-state index contributed by atoms with van der Waals surface area (Å²) in [4.78, 5) is 20.8. The molecule has 0 fully saturated rings. The van der Waals surface area contributed by atoms with Crippen molar-refractivity contribution in [2.24, 2.45) is 10.9 Å². The zero-order valence-corrected chi connectivity index (χ0v) is 12.3. The van der Waals surface area contributed by atoms with Gasteiger partial charge in [-0.2, -0.15) is 0 Å². The first kappa shape index (κ1) is 14.8. The van der Waals surface area contributed by atoms with Gasteiger partial charge in [0, 0.05) is 0 Å². The Morgan fingerprint density at radius 3 is 2.61 bits per heavy atom. The fraction of sp³-hybridized carbons (Fsp3) is 0.118. The number of oxime groups is 1. The Morgan fingerprint density at radius 2 is 1.83 bits per heavy atom. The molecule has 23 heavy (non-hydrogen) atoms. The molecule has 0 saturated heterocycles. The van der Waals surface area contributed by atoms with E-state index in [2.05, 4.69) is 10.1 Å². The predicted octanol–water partition coefficient (Wildman–Crippen LogP) is 2.43. The lowest BCUT2D eigenvalue weighted by Gasteiger charge is -2.00. The maximum Gasteiger partial charge on any atom is 0.339 e. The van der Waals surface area contributed by atoms with E-state index in [0.717, 1.165) is 11.1 Å². The molecule has 1 aromatic heterocycles. The number of nitrogens with zero attached hydrogens (tertiary/aromatic N) is 2. The van der Waals surface area contributed by atoms with Crippen LogP contribution in [0.15, 0.2) is 64.2 Å². The van der Waals surface area contributed by atoms with E-state index in [0.29, 0.717) is 11.5 Å². The lowest BCUT2D eigenvalue weighted by molar-refractivity contribution is -0.142. The number of fused-ring (bicyclic) bond motifs is 1. The Bertz CT molecular complexity index is 807. The number of rotatable bonds is 5. The van der Waals surface area contributed by atoms with Gasteiger partial charge in [0.15, 0.2) is 5.58 Å². The molecular formula is C17H15N3O3. The Balaban J connectivity index is 1.58. The van der Waals surface area contributed by atoms with Crippen molar-refractivity contribution < 1.29 is 14.0 Å². The highest BCUT2D eigenvalue weighted by atomic mass is 16.7. The highest BCUT2D eigenvalue weighted by Gasteiger charge is 2.09. The first-order valence-electron chi connectivity index (χ1n) is 7.11. The van der Waals surface area contributed by atoms with E-state index in [1.54, 1.807) is 0 Å². The Kier molecular flexibility index (Phi) is 4.33. The van der Waals surface area contributed by atoms with Gasteiger partial charge in [-0.25, -0.2) is 9.78 Å². The molecule has 0 aliphatic carbocycles. The average Bonchev–Trinajstić information content (AvgIpc) is 2.96. The molecule has 0 unspecified atom stereocenters. The first-order chi connectivity index (χ1) is 11.2. The topological polar surface area (TPSA) is 90.7 Å². The van der Waals surface area contributed by atoms with Crippen molar-refractivity contribution in [3.05, 3.63) is 66.1 Å². The number of carbonyl (C=O) groups excluding carboxylic acids is 1. The SMILES string of the molecule is NC(Cc1nc2ccccc2o1)=NOC(=O)Cc1ccccc1. The molecule has 116 valence electrons. The normalized spacial score (nSPS) is 11.6. The van der Waals surface area contributed by atoms with Gasteiger partial charge in [-0.1, -0.05) is 47.6 Å². The van der Waals surface area contributed by atoms with Crippen LogP contribution in [-0.4, -0.2) is 16.8 Å². The number of amidine groups is 1. The molecule has 0 atom stereocenters. The monoisotopic (exact) mass is 309 g/mol. The Labute approximate surface area is 132 Å². The van der Waals surface area contributed by atoms with Crippen LogP contribution in [-0.2, 0) is 22.5 Å². The van der Waals surface area contributed by atoms with E-state index in [-0.39, 0.29) is 18.7 Å². The molecule has 0 aliphatic rings. The summed E-state index contributed by atoms with van der Waals surface area (Å²) in [7, 11) is 0. The van der Waals surface area contributed by atoms with Crippen LogP contribution >= 0.6 is 0 Å². The Hall–Kier alpha value is -3.15. The van der Waals surface area contributed by atoms with Crippen LogP contribution in [0.5, 0.6) is 0 Å². The number of oxazole rings is 1. The van der Waals surface area contributed by atoms with E-state index in [9.17, 15) is 4.79 Å². The number of aromatic nitrogens is 1. The molecule has 2 aromatic carbocycles. The molecule has 0 aliphatic heterocycles. The molecule has 0 bridgehead atoms. The third kappa shape index (κ3) is 3.94. The van der Waals surface area contributed by atoms with Crippen molar-refractivity contribution >= 4 is 22.9 Å². The number of para-hydroxylation sites is 2. The Morgan fingerprint density at radius 1 is 1.09 bits per heavy atom. The summed E-state index contributed by atoms with van der Waals surface area (Å²) in [5, 5.41) is 3.63. The summed E-state index contributed by atoms with van der Waals surface area (Å²) >= 11 is 0. The largest absolute Gasteiger partial charge is 0.440 e. The van der Waals surface area contributed by atoms with Crippen molar-refractivity contribution in [3.8, 4) is 0 Å². The zero-order chi connectivity index (χ0) is 16.1. The highest BCUT2D eigenvalue weighted by Crippen LogP contribution is 2.14. The summed E-state index contributed by atoms with van der Waals surface area (Å²) in [5.74, 6) is 0.0706. The standard InChI is InChI=1S/C17H15N3O3/c18-15(11-16-19-13-8-4-5-9-14(13)22-16)20-23-17(21)10-12-6-2-1-3-7-12/h1-9H,10-11H2,(H2,18,20). The van der Waals surface area contributed by atoms with Gasteiger partial charge in [0.1, 0.15) is 11.4 Å². The fourth-order valence-electron chi connectivity index (χ4n) is 2.09. The van der Waals surface area contributed by atoms with Crippen LogP contribution in [0.2, 0.25) is 0 Å². The number of benzene rings is 2. The van der Waals surface area contributed by atoms with Gasteiger partial charge in [0.25, 0.3) is 0 Å². The minimum absolute atomic E-state index is 0.123. The minimum Gasteiger partial charge on any atom is -0.440 e. The maximum atomic E-state index is 11.7. The number of nitrogens with two attached hydrogens (primary N) is 1. The van der Waals surface area contributed by atoms with Gasteiger partial charge in [-0.15, -0.1) is 0 Å². The van der Waals surface area contributed by atoms with Gasteiger partial charge in [-0.05, 0) is 17.7 Å². The summed E-state index contributed by atoms with van der Waals surface area (Å²) < 4.78 is 5.53. The van der Waals surface area contributed by atoms with Crippen molar-refractivity contribution in [3.63, 3.8) is 0 Å². The molecule has 1 heterocycles. The number of hydrogen-bond acceptors (Lipinski definition) is 5. The molecular weight excluding hydrogens is 294 g/mol.